The van der Waals surface area contributed by atoms with Gasteiger partial charge in [-0.05, 0) is 41.5 Å². The zero-order valence-corrected chi connectivity index (χ0v) is 19.9. The van der Waals surface area contributed by atoms with E-state index in [0.717, 1.165) is 22.4 Å². The van der Waals surface area contributed by atoms with Gasteiger partial charge in [0, 0.05) is 10.9 Å². The first-order valence-corrected chi connectivity index (χ1v) is 11.6. The van der Waals surface area contributed by atoms with Crippen LogP contribution in [0.25, 0.3) is 22.9 Å². The highest BCUT2D eigenvalue weighted by molar-refractivity contribution is 7.11. The lowest BCUT2D eigenvalue weighted by atomic mass is 10.1. The van der Waals surface area contributed by atoms with E-state index in [2.05, 4.69) is 11.1 Å². The van der Waals surface area contributed by atoms with Crippen molar-refractivity contribution in [3.05, 3.63) is 98.3 Å². The molecular formula is C26H18Cl2N2O2S. The van der Waals surface area contributed by atoms with Gasteiger partial charge in [0.05, 0.1) is 28.4 Å². The van der Waals surface area contributed by atoms with Gasteiger partial charge < -0.3 is 9.47 Å². The molecule has 0 N–H and O–H groups in total. The van der Waals surface area contributed by atoms with Gasteiger partial charge in [-0.15, -0.1) is 11.3 Å². The van der Waals surface area contributed by atoms with Crippen LogP contribution in [0.2, 0.25) is 10.0 Å². The van der Waals surface area contributed by atoms with Gasteiger partial charge in [-0.2, -0.15) is 5.26 Å². The summed E-state index contributed by atoms with van der Waals surface area (Å²) in [5.41, 5.74) is 3.90. The van der Waals surface area contributed by atoms with Crippen molar-refractivity contribution in [2.45, 2.75) is 6.61 Å². The first kappa shape index (κ1) is 22.9. The second-order valence-electron chi connectivity index (χ2n) is 7.02. The second-order valence-corrected chi connectivity index (χ2v) is 8.69. The Morgan fingerprint density at radius 2 is 1.85 bits per heavy atom. The number of halogens is 2. The average Bonchev–Trinajstić information content (AvgIpc) is 3.34. The Labute approximate surface area is 206 Å². The van der Waals surface area contributed by atoms with Gasteiger partial charge in [0.15, 0.2) is 11.5 Å². The summed E-state index contributed by atoms with van der Waals surface area (Å²) in [5, 5.41) is 13.2. The molecule has 4 aromatic rings. The van der Waals surface area contributed by atoms with E-state index in [9.17, 15) is 5.26 Å². The molecule has 164 valence electrons. The average molecular weight is 493 g/mol. The Morgan fingerprint density at radius 3 is 2.58 bits per heavy atom. The van der Waals surface area contributed by atoms with E-state index in [4.69, 9.17) is 32.7 Å². The maximum Gasteiger partial charge on any atom is 0.161 e. The van der Waals surface area contributed by atoms with Crippen LogP contribution in [-0.4, -0.2) is 12.1 Å². The molecule has 0 fully saturated rings. The molecule has 0 spiro atoms. The number of hydrogen-bond donors (Lipinski definition) is 0. The zero-order valence-electron chi connectivity index (χ0n) is 17.6. The molecule has 0 saturated heterocycles. The summed E-state index contributed by atoms with van der Waals surface area (Å²) in [6, 6.07) is 23.1. The quantitative estimate of drug-likeness (QED) is 0.247. The summed E-state index contributed by atoms with van der Waals surface area (Å²) in [6.07, 6.45) is 1.78. The minimum atomic E-state index is 0.437. The first-order chi connectivity index (χ1) is 16.1. The number of benzene rings is 3. The van der Waals surface area contributed by atoms with E-state index in [0.29, 0.717) is 38.7 Å². The van der Waals surface area contributed by atoms with E-state index in [1.165, 1.54) is 11.3 Å². The molecule has 0 aliphatic carbocycles. The molecule has 1 heterocycles. The molecule has 0 aliphatic heterocycles. The van der Waals surface area contributed by atoms with E-state index in [-0.39, 0.29) is 0 Å². The van der Waals surface area contributed by atoms with Gasteiger partial charge in [0.2, 0.25) is 0 Å². The van der Waals surface area contributed by atoms with Gasteiger partial charge in [0.25, 0.3) is 0 Å². The molecule has 33 heavy (non-hydrogen) atoms. The maximum atomic E-state index is 9.75. The van der Waals surface area contributed by atoms with Crippen LogP contribution in [0.3, 0.4) is 0 Å². The molecule has 0 radical (unpaired) electrons. The second kappa shape index (κ2) is 10.5. The first-order valence-electron chi connectivity index (χ1n) is 9.95. The maximum absolute atomic E-state index is 9.75. The third kappa shape index (κ3) is 5.55. The highest BCUT2D eigenvalue weighted by Gasteiger charge is 2.12. The van der Waals surface area contributed by atoms with E-state index < -0.39 is 0 Å². The number of rotatable bonds is 7. The largest absolute Gasteiger partial charge is 0.493 e. The Kier molecular flexibility index (Phi) is 7.31. The van der Waals surface area contributed by atoms with E-state index in [1.54, 1.807) is 25.3 Å². The van der Waals surface area contributed by atoms with Crippen molar-refractivity contribution in [1.82, 2.24) is 4.98 Å². The molecule has 1 aromatic heterocycles. The van der Waals surface area contributed by atoms with Crippen molar-refractivity contribution < 1.29 is 9.47 Å². The smallest absolute Gasteiger partial charge is 0.161 e. The lowest BCUT2D eigenvalue weighted by Gasteiger charge is -2.11. The number of allylic oxidation sites excluding steroid dienone is 1. The van der Waals surface area contributed by atoms with Gasteiger partial charge in [-0.1, -0.05) is 65.7 Å². The van der Waals surface area contributed by atoms with Crippen molar-refractivity contribution in [2.24, 2.45) is 0 Å². The van der Waals surface area contributed by atoms with Gasteiger partial charge in [-0.25, -0.2) is 4.98 Å². The number of thiazole rings is 1. The third-order valence-corrected chi connectivity index (χ3v) is 6.42. The van der Waals surface area contributed by atoms with Crippen molar-refractivity contribution in [3.8, 4) is 28.8 Å². The fourth-order valence-electron chi connectivity index (χ4n) is 3.12. The number of aromatic nitrogens is 1. The van der Waals surface area contributed by atoms with Crippen LogP contribution in [0.1, 0.15) is 16.1 Å². The van der Waals surface area contributed by atoms with E-state index in [1.807, 2.05) is 60.0 Å². The zero-order chi connectivity index (χ0) is 23.2. The van der Waals surface area contributed by atoms with Gasteiger partial charge in [-0.3, -0.25) is 0 Å². The highest BCUT2D eigenvalue weighted by Crippen LogP contribution is 2.33. The topological polar surface area (TPSA) is 55.1 Å². The standard InChI is InChI=1S/C26H18Cl2N2O2S/c1-31-25-12-18(7-10-24(25)32-15-17-5-3-2-4-6-17)11-20(14-29)26-30-23(16-33-26)19-8-9-21(27)22(28)13-19/h2-13,16H,15H2,1H3. The summed E-state index contributed by atoms with van der Waals surface area (Å²) in [6.45, 7) is 0.437. The Hall–Kier alpha value is -3.30. The highest BCUT2D eigenvalue weighted by atomic mass is 35.5. The summed E-state index contributed by atoms with van der Waals surface area (Å²) in [7, 11) is 1.59. The van der Waals surface area contributed by atoms with E-state index >= 15 is 0 Å². The Morgan fingerprint density at radius 1 is 1.03 bits per heavy atom. The fraction of sp³-hybridized carbons (Fsp3) is 0.0769. The van der Waals surface area contributed by atoms with Crippen LogP contribution >= 0.6 is 34.5 Å². The predicted octanol–water partition coefficient (Wildman–Crippen LogP) is 7.77. The lowest BCUT2D eigenvalue weighted by molar-refractivity contribution is 0.284. The number of nitrogens with zero attached hydrogens (tertiary/aromatic N) is 2. The third-order valence-electron chi connectivity index (χ3n) is 4.81. The fourth-order valence-corrected chi connectivity index (χ4v) is 4.22. The molecule has 0 amide bonds. The molecule has 0 saturated carbocycles. The number of hydrogen-bond acceptors (Lipinski definition) is 5. The molecule has 4 rings (SSSR count). The molecule has 0 unspecified atom stereocenters. The summed E-state index contributed by atoms with van der Waals surface area (Å²) >= 11 is 13.5. The normalized spacial score (nSPS) is 11.2. The van der Waals surface area contributed by atoms with Crippen molar-refractivity contribution in [2.75, 3.05) is 7.11 Å². The van der Waals surface area contributed by atoms with Gasteiger partial charge in [0.1, 0.15) is 17.7 Å². The molecule has 0 aliphatic rings. The Balaban J connectivity index is 1.56. The van der Waals surface area contributed by atoms with Crippen LogP contribution < -0.4 is 9.47 Å². The van der Waals surface area contributed by atoms with Crippen molar-refractivity contribution in [1.29, 1.82) is 5.26 Å². The van der Waals surface area contributed by atoms with Crippen LogP contribution in [0.15, 0.2) is 72.1 Å². The molecule has 3 aromatic carbocycles. The van der Waals surface area contributed by atoms with Crippen molar-refractivity contribution >= 4 is 46.2 Å². The Bertz CT molecular complexity index is 1340. The molecule has 4 nitrogen and oxygen atoms in total. The molecule has 0 bridgehead atoms. The van der Waals surface area contributed by atoms with Crippen LogP contribution in [0.4, 0.5) is 0 Å². The summed E-state index contributed by atoms with van der Waals surface area (Å²) in [5.74, 6) is 1.22. The lowest BCUT2D eigenvalue weighted by Crippen LogP contribution is -1.97. The minimum Gasteiger partial charge on any atom is -0.493 e. The number of nitriles is 1. The number of methoxy groups -OCH3 is 1. The summed E-state index contributed by atoms with van der Waals surface area (Å²) < 4.78 is 11.4. The monoisotopic (exact) mass is 492 g/mol. The predicted molar refractivity (Wildman–Crippen MR) is 135 cm³/mol. The molecular weight excluding hydrogens is 475 g/mol. The minimum absolute atomic E-state index is 0.437. The number of ether oxygens (including phenoxy) is 2. The molecule has 7 heteroatoms. The van der Waals surface area contributed by atoms with Crippen LogP contribution in [-0.2, 0) is 6.61 Å². The molecule has 0 atom stereocenters. The van der Waals surface area contributed by atoms with Crippen molar-refractivity contribution in [3.63, 3.8) is 0 Å². The van der Waals surface area contributed by atoms with Crippen LogP contribution in [0, 0.1) is 11.3 Å². The van der Waals surface area contributed by atoms with Crippen LogP contribution in [0.5, 0.6) is 11.5 Å². The van der Waals surface area contributed by atoms with Gasteiger partial charge >= 0.3 is 0 Å². The SMILES string of the molecule is COc1cc(C=C(C#N)c2nc(-c3ccc(Cl)c(Cl)c3)cs2)ccc1OCc1ccccc1. The summed E-state index contributed by atoms with van der Waals surface area (Å²) in [4.78, 5) is 4.61.